The van der Waals surface area contributed by atoms with Crippen LogP contribution in [0.1, 0.15) is 30.5 Å². The third-order valence-corrected chi connectivity index (χ3v) is 4.61. The molecule has 0 unspecified atom stereocenters. The molecule has 0 bridgehead atoms. The largest absolute Gasteiger partial charge is 0.480 e. The zero-order chi connectivity index (χ0) is 22.1. The molecule has 0 saturated heterocycles. The maximum Gasteiger partial charge on any atom is 0.408 e. The Hall–Kier alpha value is -3.35. The summed E-state index contributed by atoms with van der Waals surface area (Å²) in [7, 11) is 0. The summed E-state index contributed by atoms with van der Waals surface area (Å²) in [4.78, 5) is 36.5. The number of hydrogen-bond acceptors (Lipinski definition) is 4. The first-order chi connectivity index (χ1) is 14.3. The van der Waals surface area contributed by atoms with E-state index >= 15 is 0 Å². The standard InChI is InChI=1S/C23H28N2O5/c1-15(2)20(25-23(29)30-14-18-7-5-4-6-8-18)21(26)24-19(22(27)28)13-17-11-9-16(3)10-12-17/h4-12,15,19-20H,13-14H2,1-3H3,(H,24,26)(H,25,29)(H,27,28)/t19-,20-/m1/s1. The van der Waals surface area contributed by atoms with Crippen LogP contribution < -0.4 is 10.6 Å². The smallest absolute Gasteiger partial charge is 0.408 e. The monoisotopic (exact) mass is 412 g/mol. The van der Waals surface area contributed by atoms with Gasteiger partial charge in [0.1, 0.15) is 18.7 Å². The molecule has 0 heterocycles. The number of carbonyl (C=O) groups excluding carboxylic acids is 2. The summed E-state index contributed by atoms with van der Waals surface area (Å²) in [5, 5.41) is 14.6. The summed E-state index contributed by atoms with van der Waals surface area (Å²) in [6.45, 7) is 5.54. The van der Waals surface area contributed by atoms with Gasteiger partial charge in [-0.05, 0) is 24.0 Å². The van der Waals surface area contributed by atoms with Crippen molar-refractivity contribution in [1.82, 2.24) is 10.6 Å². The van der Waals surface area contributed by atoms with Gasteiger partial charge >= 0.3 is 12.1 Å². The molecule has 7 nitrogen and oxygen atoms in total. The highest BCUT2D eigenvalue weighted by Crippen LogP contribution is 2.09. The molecule has 0 aromatic heterocycles. The Labute approximate surface area is 176 Å². The van der Waals surface area contributed by atoms with Crippen molar-refractivity contribution in [2.75, 3.05) is 0 Å². The fraction of sp³-hybridized carbons (Fsp3) is 0.348. The van der Waals surface area contributed by atoms with Gasteiger partial charge in [-0.2, -0.15) is 0 Å². The van der Waals surface area contributed by atoms with E-state index in [-0.39, 0.29) is 18.9 Å². The highest BCUT2D eigenvalue weighted by Gasteiger charge is 2.29. The van der Waals surface area contributed by atoms with E-state index in [0.717, 1.165) is 16.7 Å². The van der Waals surface area contributed by atoms with Crippen molar-refractivity contribution in [1.29, 1.82) is 0 Å². The van der Waals surface area contributed by atoms with E-state index in [0.29, 0.717) is 0 Å². The summed E-state index contributed by atoms with van der Waals surface area (Å²) in [5.41, 5.74) is 2.68. The second-order valence-corrected chi connectivity index (χ2v) is 7.52. The minimum absolute atomic E-state index is 0.0737. The number of alkyl carbamates (subject to hydrolysis) is 1. The summed E-state index contributed by atoms with van der Waals surface area (Å²) < 4.78 is 5.17. The Kier molecular flexibility index (Phi) is 8.41. The van der Waals surface area contributed by atoms with Gasteiger partial charge in [0, 0.05) is 6.42 Å². The van der Waals surface area contributed by atoms with E-state index in [1.54, 1.807) is 13.8 Å². The highest BCUT2D eigenvalue weighted by atomic mass is 16.5. The molecule has 2 rings (SSSR count). The van der Waals surface area contributed by atoms with Gasteiger partial charge in [0.25, 0.3) is 0 Å². The van der Waals surface area contributed by atoms with Crippen LogP contribution in [0.2, 0.25) is 0 Å². The van der Waals surface area contributed by atoms with Crippen molar-refractivity contribution >= 4 is 18.0 Å². The number of nitrogens with one attached hydrogen (secondary N) is 2. The minimum atomic E-state index is -1.14. The summed E-state index contributed by atoms with van der Waals surface area (Å²) >= 11 is 0. The number of rotatable bonds is 9. The van der Waals surface area contributed by atoms with Gasteiger partial charge in [-0.25, -0.2) is 9.59 Å². The molecule has 0 spiro atoms. The number of ether oxygens (including phenoxy) is 1. The molecule has 160 valence electrons. The third-order valence-electron chi connectivity index (χ3n) is 4.61. The van der Waals surface area contributed by atoms with Crippen LogP contribution in [0.15, 0.2) is 54.6 Å². The van der Waals surface area contributed by atoms with Crippen molar-refractivity contribution in [2.45, 2.75) is 45.9 Å². The van der Waals surface area contributed by atoms with Gasteiger partial charge in [-0.15, -0.1) is 0 Å². The average Bonchev–Trinajstić information content (AvgIpc) is 2.71. The summed E-state index contributed by atoms with van der Waals surface area (Å²) in [6.07, 6.45) is -0.594. The summed E-state index contributed by atoms with van der Waals surface area (Å²) in [6, 6.07) is 14.6. The fourth-order valence-electron chi connectivity index (χ4n) is 2.85. The number of carbonyl (C=O) groups is 3. The maximum atomic E-state index is 12.7. The molecular formula is C23H28N2O5. The van der Waals surface area contributed by atoms with Gasteiger partial charge < -0.3 is 20.5 Å². The van der Waals surface area contributed by atoms with E-state index in [9.17, 15) is 19.5 Å². The van der Waals surface area contributed by atoms with Crippen LogP contribution in [-0.2, 0) is 27.4 Å². The first kappa shape index (κ1) is 22.9. The predicted octanol–water partition coefficient (Wildman–Crippen LogP) is 3.06. The topological polar surface area (TPSA) is 105 Å². The average molecular weight is 412 g/mol. The molecule has 7 heteroatoms. The molecule has 2 atom stereocenters. The molecule has 0 aliphatic carbocycles. The Morgan fingerprint density at radius 2 is 1.57 bits per heavy atom. The number of aryl methyl sites for hydroxylation is 1. The van der Waals surface area contributed by atoms with E-state index in [2.05, 4.69) is 10.6 Å². The van der Waals surface area contributed by atoms with Crippen molar-refractivity contribution in [3.63, 3.8) is 0 Å². The zero-order valence-electron chi connectivity index (χ0n) is 17.4. The first-order valence-electron chi connectivity index (χ1n) is 9.82. The lowest BCUT2D eigenvalue weighted by Crippen LogP contribution is -2.54. The molecule has 3 N–H and O–H groups in total. The van der Waals surface area contributed by atoms with E-state index < -0.39 is 30.1 Å². The van der Waals surface area contributed by atoms with Crippen molar-refractivity contribution in [3.05, 3.63) is 71.3 Å². The Morgan fingerprint density at radius 1 is 0.933 bits per heavy atom. The van der Waals surface area contributed by atoms with E-state index in [4.69, 9.17) is 4.74 Å². The lowest BCUT2D eigenvalue weighted by Gasteiger charge is -2.24. The van der Waals surface area contributed by atoms with Crippen LogP contribution in [0.5, 0.6) is 0 Å². The molecule has 0 fully saturated rings. The van der Waals surface area contributed by atoms with Crippen molar-refractivity contribution < 1.29 is 24.2 Å². The lowest BCUT2D eigenvalue weighted by atomic mass is 10.0. The minimum Gasteiger partial charge on any atom is -0.480 e. The second kappa shape index (κ2) is 11.0. The normalized spacial score (nSPS) is 12.7. The maximum absolute atomic E-state index is 12.7. The summed E-state index contributed by atoms with van der Waals surface area (Å²) in [5.74, 6) is -1.97. The molecule has 2 amide bonds. The van der Waals surface area contributed by atoms with Crippen LogP contribution in [0.4, 0.5) is 4.79 Å². The second-order valence-electron chi connectivity index (χ2n) is 7.52. The molecule has 0 saturated carbocycles. The quantitative estimate of drug-likeness (QED) is 0.587. The van der Waals surface area contributed by atoms with Gasteiger partial charge in [-0.1, -0.05) is 74.0 Å². The lowest BCUT2D eigenvalue weighted by molar-refractivity contribution is -0.142. The van der Waals surface area contributed by atoms with Gasteiger partial charge in [0.05, 0.1) is 0 Å². The van der Waals surface area contributed by atoms with Crippen LogP contribution >= 0.6 is 0 Å². The van der Waals surface area contributed by atoms with Gasteiger partial charge in [0.2, 0.25) is 5.91 Å². The molecule has 0 aliphatic heterocycles. The molecular weight excluding hydrogens is 384 g/mol. The Bertz CT molecular complexity index is 850. The number of amides is 2. The third kappa shape index (κ3) is 7.24. The predicted molar refractivity (Wildman–Crippen MR) is 113 cm³/mol. The van der Waals surface area contributed by atoms with E-state index in [1.807, 2.05) is 61.5 Å². The number of carboxylic acids is 1. The van der Waals surface area contributed by atoms with Crippen LogP contribution in [0, 0.1) is 12.8 Å². The Balaban J connectivity index is 1.97. The van der Waals surface area contributed by atoms with Crippen LogP contribution in [0.25, 0.3) is 0 Å². The molecule has 30 heavy (non-hydrogen) atoms. The molecule has 2 aromatic carbocycles. The first-order valence-corrected chi connectivity index (χ1v) is 9.82. The number of aliphatic carboxylic acids is 1. The van der Waals surface area contributed by atoms with Gasteiger partial charge in [-0.3, -0.25) is 4.79 Å². The van der Waals surface area contributed by atoms with Crippen molar-refractivity contribution in [3.8, 4) is 0 Å². The molecule has 0 radical (unpaired) electrons. The molecule has 2 aromatic rings. The molecule has 0 aliphatic rings. The van der Waals surface area contributed by atoms with Gasteiger partial charge in [0.15, 0.2) is 0 Å². The highest BCUT2D eigenvalue weighted by molar-refractivity contribution is 5.89. The van der Waals surface area contributed by atoms with Crippen LogP contribution in [-0.4, -0.2) is 35.2 Å². The number of hydrogen-bond donors (Lipinski definition) is 3. The number of carboxylic acid groups (broad SMARTS) is 1. The SMILES string of the molecule is Cc1ccc(C[C@@H](NC(=O)[C@H](NC(=O)OCc2ccccc2)C(C)C)C(=O)O)cc1. The van der Waals surface area contributed by atoms with E-state index in [1.165, 1.54) is 0 Å². The number of benzene rings is 2. The Morgan fingerprint density at radius 3 is 2.13 bits per heavy atom. The van der Waals surface area contributed by atoms with Crippen molar-refractivity contribution in [2.24, 2.45) is 5.92 Å². The zero-order valence-corrected chi connectivity index (χ0v) is 17.4. The van der Waals surface area contributed by atoms with Crippen LogP contribution in [0.3, 0.4) is 0 Å². The fourth-order valence-corrected chi connectivity index (χ4v) is 2.85.